The Morgan fingerprint density at radius 2 is 1.68 bits per heavy atom. The highest BCUT2D eigenvalue weighted by Gasteiger charge is 2.11. The fourth-order valence-corrected chi connectivity index (χ4v) is 2.98. The number of hydrogen-bond acceptors (Lipinski definition) is 2. The number of hydrogen-bond donors (Lipinski definition) is 0. The van der Waals surface area contributed by atoms with Gasteiger partial charge in [-0.3, -0.25) is 0 Å². The van der Waals surface area contributed by atoms with E-state index in [0.717, 1.165) is 32.5 Å². The Bertz CT molecular complexity index is 945. The van der Waals surface area contributed by atoms with E-state index < -0.39 is 0 Å². The van der Waals surface area contributed by atoms with Crippen LogP contribution in [-0.4, -0.2) is 14.6 Å². The normalized spacial score (nSPS) is 11.0. The third-order valence-electron chi connectivity index (χ3n) is 3.61. The second kappa shape index (κ2) is 5.39. The third kappa shape index (κ3) is 2.22. The molecule has 0 aliphatic carbocycles. The highest BCUT2D eigenvalue weighted by molar-refractivity contribution is 9.10. The van der Waals surface area contributed by atoms with Crippen molar-refractivity contribution in [2.45, 2.75) is 0 Å². The van der Waals surface area contributed by atoms with Crippen LogP contribution in [0, 0.1) is 0 Å². The van der Waals surface area contributed by atoms with Gasteiger partial charge in [0.15, 0.2) is 5.65 Å². The summed E-state index contributed by atoms with van der Waals surface area (Å²) >= 11 is 3.52. The molecule has 4 aromatic rings. The van der Waals surface area contributed by atoms with Crippen molar-refractivity contribution in [3.05, 3.63) is 77.5 Å². The van der Waals surface area contributed by atoms with E-state index in [9.17, 15) is 0 Å². The van der Waals surface area contributed by atoms with Crippen LogP contribution in [0.4, 0.5) is 0 Å². The second-order valence-electron chi connectivity index (χ2n) is 5.00. The number of benzene rings is 2. The zero-order chi connectivity index (χ0) is 14.9. The van der Waals surface area contributed by atoms with Crippen molar-refractivity contribution in [1.29, 1.82) is 0 Å². The van der Waals surface area contributed by atoms with Crippen LogP contribution >= 0.6 is 15.9 Å². The summed E-state index contributed by atoms with van der Waals surface area (Å²) < 4.78 is 2.94. The average Bonchev–Trinajstić information content (AvgIpc) is 2.99. The molecule has 0 unspecified atom stereocenters. The Balaban J connectivity index is 1.95. The molecule has 0 aliphatic heterocycles. The fraction of sp³-hybridized carbons (Fsp3) is 0. The number of rotatable bonds is 2. The molecule has 3 nitrogen and oxygen atoms in total. The lowest BCUT2D eigenvalue weighted by atomic mass is 10.1. The van der Waals surface area contributed by atoms with Crippen molar-refractivity contribution in [2.75, 3.05) is 0 Å². The Morgan fingerprint density at radius 3 is 2.50 bits per heavy atom. The highest BCUT2D eigenvalue weighted by atomic mass is 79.9. The molecule has 106 valence electrons. The number of nitrogens with zero attached hydrogens (tertiary/aromatic N) is 3. The minimum Gasteiger partial charge on any atom is -0.236 e. The van der Waals surface area contributed by atoms with Crippen LogP contribution in [-0.2, 0) is 0 Å². The molecular formula is C18H12BrN3. The first-order valence-corrected chi connectivity index (χ1v) is 7.76. The summed E-state index contributed by atoms with van der Waals surface area (Å²) in [5.74, 6) is 0. The van der Waals surface area contributed by atoms with Crippen molar-refractivity contribution < 1.29 is 0 Å². The Kier molecular flexibility index (Phi) is 3.24. The molecule has 0 aliphatic rings. The van der Waals surface area contributed by atoms with Crippen LogP contribution in [0.3, 0.4) is 0 Å². The lowest BCUT2D eigenvalue weighted by Gasteiger charge is -2.05. The molecule has 0 amide bonds. The maximum Gasteiger partial charge on any atom is 0.163 e. The molecule has 0 atom stereocenters. The summed E-state index contributed by atoms with van der Waals surface area (Å²) in [6.45, 7) is 0. The molecule has 4 heteroatoms. The standard InChI is InChI=1S/C18H12BrN3/c19-15-8-4-7-14(11-15)17-9-10-20-18-16(12-21-22(17)18)13-5-2-1-3-6-13/h1-12H. The van der Waals surface area contributed by atoms with Gasteiger partial charge < -0.3 is 0 Å². The van der Waals surface area contributed by atoms with E-state index in [1.807, 2.05) is 53.3 Å². The van der Waals surface area contributed by atoms with Crippen LogP contribution in [0.1, 0.15) is 0 Å². The summed E-state index contributed by atoms with van der Waals surface area (Å²) in [6, 6.07) is 20.4. The summed E-state index contributed by atoms with van der Waals surface area (Å²) in [7, 11) is 0. The van der Waals surface area contributed by atoms with Crippen molar-refractivity contribution >= 4 is 21.6 Å². The van der Waals surface area contributed by atoms with Gasteiger partial charge in [0.05, 0.1) is 11.9 Å². The molecule has 2 aromatic heterocycles. The zero-order valence-electron chi connectivity index (χ0n) is 11.6. The van der Waals surface area contributed by atoms with Crippen LogP contribution in [0.25, 0.3) is 28.0 Å². The minimum atomic E-state index is 0.865. The predicted octanol–water partition coefficient (Wildman–Crippen LogP) is 4.83. The summed E-state index contributed by atoms with van der Waals surface area (Å²) in [5.41, 5.74) is 5.15. The van der Waals surface area contributed by atoms with Crippen LogP contribution in [0.2, 0.25) is 0 Å². The third-order valence-corrected chi connectivity index (χ3v) is 4.10. The highest BCUT2D eigenvalue weighted by Crippen LogP contribution is 2.27. The molecule has 22 heavy (non-hydrogen) atoms. The monoisotopic (exact) mass is 349 g/mol. The van der Waals surface area contributed by atoms with Gasteiger partial charge in [-0.1, -0.05) is 58.4 Å². The molecule has 0 saturated carbocycles. The Labute approximate surface area is 136 Å². The van der Waals surface area contributed by atoms with Gasteiger partial charge >= 0.3 is 0 Å². The number of aromatic nitrogens is 3. The maximum absolute atomic E-state index is 4.54. The van der Waals surface area contributed by atoms with Crippen LogP contribution in [0.5, 0.6) is 0 Å². The summed E-state index contributed by atoms with van der Waals surface area (Å²) in [4.78, 5) is 4.51. The van der Waals surface area contributed by atoms with Crippen LogP contribution < -0.4 is 0 Å². The first-order valence-electron chi connectivity index (χ1n) is 6.97. The molecule has 0 N–H and O–H groups in total. The van der Waals surface area contributed by atoms with Crippen molar-refractivity contribution in [3.63, 3.8) is 0 Å². The summed E-state index contributed by atoms with van der Waals surface area (Å²) in [5, 5.41) is 4.54. The molecule has 2 heterocycles. The maximum atomic E-state index is 4.54. The second-order valence-corrected chi connectivity index (χ2v) is 5.92. The zero-order valence-corrected chi connectivity index (χ0v) is 13.2. The van der Waals surface area contributed by atoms with Gasteiger partial charge in [0, 0.05) is 21.8 Å². The molecule has 0 fully saturated rings. The van der Waals surface area contributed by atoms with E-state index >= 15 is 0 Å². The van der Waals surface area contributed by atoms with Crippen molar-refractivity contribution in [2.24, 2.45) is 0 Å². The first kappa shape index (κ1) is 13.2. The topological polar surface area (TPSA) is 30.2 Å². The van der Waals surface area contributed by atoms with Gasteiger partial charge in [-0.05, 0) is 23.8 Å². The molecule has 2 aromatic carbocycles. The molecule has 4 rings (SSSR count). The smallest absolute Gasteiger partial charge is 0.163 e. The summed E-state index contributed by atoms with van der Waals surface area (Å²) in [6.07, 6.45) is 3.71. The van der Waals surface area contributed by atoms with E-state index in [4.69, 9.17) is 0 Å². The largest absolute Gasteiger partial charge is 0.236 e. The van der Waals surface area contributed by atoms with E-state index in [1.165, 1.54) is 0 Å². The average molecular weight is 350 g/mol. The van der Waals surface area contributed by atoms with Gasteiger partial charge in [0.25, 0.3) is 0 Å². The van der Waals surface area contributed by atoms with Gasteiger partial charge in [-0.15, -0.1) is 0 Å². The van der Waals surface area contributed by atoms with Crippen LogP contribution in [0.15, 0.2) is 77.5 Å². The number of halogens is 1. The number of fused-ring (bicyclic) bond motifs is 1. The van der Waals surface area contributed by atoms with Gasteiger partial charge in [0.2, 0.25) is 0 Å². The molecule has 0 saturated heterocycles. The lowest BCUT2D eigenvalue weighted by Crippen LogP contribution is -1.95. The SMILES string of the molecule is Brc1cccc(-c2ccnc3c(-c4ccccc4)cnn23)c1. The van der Waals surface area contributed by atoms with E-state index in [2.05, 4.69) is 50.3 Å². The van der Waals surface area contributed by atoms with E-state index in [0.29, 0.717) is 0 Å². The minimum absolute atomic E-state index is 0.865. The molecular weight excluding hydrogens is 338 g/mol. The van der Waals surface area contributed by atoms with E-state index in [-0.39, 0.29) is 0 Å². The van der Waals surface area contributed by atoms with Gasteiger partial charge in [0.1, 0.15) is 0 Å². The van der Waals surface area contributed by atoms with E-state index in [1.54, 1.807) is 0 Å². The first-order chi connectivity index (χ1) is 10.8. The predicted molar refractivity (Wildman–Crippen MR) is 91.6 cm³/mol. The molecule has 0 spiro atoms. The van der Waals surface area contributed by atoms with Crippen molar-refractivity contribution in [3.8, 4) is 22.4 Å². The Hall–Kier alpha value is -2.46. The fourth-order valence-electron chi connectivity index (χ4n) is 2.58. The molecule has 0 radical (unpaired) electrons. The van der Waals surface area contributed by atoms with Gasteiger partial charge in [-0.25, -0.2) is 9.50 Å². The quantitative estimate of drug-likeness (QED) is 0.519. The lowest BCUT2D eigenvalue weighted by molar-refractivity contribution is 0.948. The molecule has 0 bridgehead atoms. The van der Waals surface area contributed by atoms with Crippen molar-refractivity contribution in [1.82, 2.24) is 14.6 Å². The van der Waals surface area contributed by atoms with Gasteiger partial charge in [-0.2, -0.15) is 5.10 Å². The Morgan fingerprint density at radius 1 is 0.864 bits per heavy atom.